The number of thioether (sulfide) groups is 1. The van der Waals surface area contributed by atoms with Gasteiger partial charge in [0.2, 0.25) is 0 Å². The van der Waals surface area contributed by atoms with Crippen molar-refractivity contribution in [2.75, 3.05) is 11.5 Å². The molecule has 0 saturated carbocycles. The van der Waals surface area contributed by atoms with Crippen molar-refractivity contribution >= 4 is 11.8 Å². The maximum absolute atomic E-state index is 2.37. The average Bonchev–Trinajstić information content (AvgIpc) is 1.77. The Hall–Kier alpha value is 0.350. The molecular weight excluding hydrogens is 116 g/mol. The second-order valence-electron chi connectivity index (χ2n) is 2.82. The lowest BCUT2D eigenvalue weighted by atomic mass is 9.95. The zero-order valence-electron chi connectivity index (χ0n) is 5.68. The second kappa shape index (κ2) is 2.77. The Labute approximate surface area is 56.0 Å². The minimum atomic E-state index is 0.966. The van der Waals surface area contributed by atoms with Crippen LogP contribution in [0.4, 0.5) is 0 Å². The van der Waals surface area contributed by atoms with Crippen LogP contribution >= 0.6 is 11.8 Å². The molecular formula is C7H14S. The first-order valence-electron chi connectivity index (χ1n) is 3.38. The fraction of sp³-hybridized carbons (Fsp3) is 1.00. The van der Waals surface area contributed by atoms with Crippen LogP contribution in [0.3, 0.4) is 0 Å². The first kappa shape index (κ1) is 6.47. The molecule has 48 valence electrons. The van der Waals surface area contributed by atoms with E-state index in [1.807, 2.05) is 0 Å². The Kier molecular flexibility index (Phi) is 2.24. The molecule has 1 aliphatic rings. The van der Waals surface area contributed by atoms with Crippen LogP contribution in [0.2, 0.25) is 0 Å². The summed E-state index contributed by atoms with van der Waals surface area (Å²) in [4.78, 5) is 0. The van der Waals surface area contributed by atoms with Crippen LogP contribution in [0.25, 0.3) is 0 Å². The van der Waals surface area contributed by atoms with E-state index in [1.165, 1.54) is 17.9 Å². The van der Waals surface area contributed by atoms with E-state index in [1.54, 1.807) is 0 Å². The van der Waals surface area contributed by atoms with Crippen molar-refractivity contribution in [3.8, 4) is 0 Å². The van der Waals surface area contributed by atoms with Gasteiger partial charge in [0.1, 0.15) is 0 Å². The van der Waals surface area contributed by atoms with Crippen molar-refractivity contribution in [2.45, 2.75) is 20.3 Å². The van der Waals surface area contributed by atoms with Gasteiger partial charge in [-0.1, -0.05) is 13.8 Å². The van der Waals surface area contributed by atoms with Gasteiger partial charge in [-0.25, -0.2) is 0 Å². The maximum atomic E-state index is 2.37. The highest BCUT2D eigenvalue weighted by Crippen LogP contribution is 2.27. The Morgan fingerprint density at radius 1 is 1.25 bits per heavy atom. The molecule has 1 fully saturated rings. The third-order valence-corrected chi connectivity index (χ3v) is 3.36. The summed E-state index contributed by atoms with van der Waals surface area (Å²) in [7, 11) is 0. The largest absolute Gasteiger partial charge is 0.162 e. The van der Waals surface area contributed by atoms with Gasteiger partial charge in [-0.2, -0.15) is 11.8 Å². The summed E-state index contributed by atoms with van der Waals surface area (Å²) in [5, 5.41) is 0. The number of hydrogen-bond donors (Lipinski definition) is 0. The zero-order valence-corrected chi connectivity index (χ0v) is 6.50. The quantitative estimate of drug-likeness (QED) is 0.485. The Morgan fingerprint density at radius 2 is 2.00 bits per heavy atom. The fourth-order valence-corrected chi connectivity index (χ4v) is 2.39. The second-order valence-corrected chi connectivity index (χ2v) is 3.97. The van der Waals surface area contributed by atoms with Gasteiger partial charge in [0.25, 0.3) is 0 Å². The molecule has 0 spiro atoms. The molecule has 0 aromatic heterocycles. The highest BCUT2D eigenvalue weighted by Gasteiger charge is 2.15. The molecule has 8 heavy (non-hydrogen) atoms. The molecule has 1 aliphatic heterocycles. The van der Waals surface area contributed by atoms with E-state index >= 15 is 0 Å². The molecule has 0 nitrogen and oxygen atoms in total. The van der Waals surface area contributed by atoms with Gasteiger partial charge in [-0.05, 0) is 29.8 Å². The van der Waals surface area contributed by atoms with E-state index in [0.29, 0.717) is 0 Å². The summed E-state index contributed by atoms with van der Waals surface area (Å²) in [6.45, 7) is 4.72. The molecule has 0 amide bonds. The van der Waals surface area contributed by atoms with Crippen molar-refractivity contribution in [3.63, 3.8) is 0 Å². The predicted molar refractivity (Wildman–Crippen MR) is 40.3 cm³/mol. The average molecular weight is 130 g/mol. The zero-order chi connectivity index (χ0) is 5.98. The molecule has 2 atom stereocenters. The maximum Gasteiger partial charge on any atom is -0.00392 e. The van der Waals surface area contributed by atoms with Crippen LogP contribution in [-0.2, 0) is 0 Å². The third-order valence-electron chi connectivity index (χ3n) is 2.07. The summed E-state index contributed by atoms with van der Waals surface area (Å²) in [5.41, 5.74) is 0. The molecule has 1 saturated heterocycles. The Balaban J connectivity index is 2.28. The SMILES string of the molecule is C[C@H]1CCSC[C@@H]1C. The Bertz CT molecular complexity index is 60.8. The normalized spacial score (nSPS) is 39.8. The molecule has 0 aromatic rings. The lowest BCUT2D eigenvalue weighted by Gasteiger charge is -2.24. The third kappa shape index (κ3) is 1.41. The molecule has 0 aliphatic carbocycles. The van der Waals surface area contributed by atoms with E-state index in [2.05, 4.69) is 25.6 Å². The fourth-order valence-electron chi connectivity index (χ4n) is 0.987. The standard InChI is InChI=1S/C7H14S/c1-6-3-4-8-5-7(6)2/h6-7H,3-5H2,1-2H3/t6-,7-/m0/s1. The van der Waals surface area contributed by atoms with E-state index in [-0.39, 0.29) is 0 Å². The Morgan fingerprint density at radius 3 is 2.38 bits per heavy atom. The molecule has 1 heterocycles. The predicted octanol–water partition coefficient (Wildman–Crippen LogP) is 2.40. The molecule has 0 unspecified atom stereocenters. The highest BCUT2D eigenvalue weighted by molar-refractivity contribution is 7.99. The van der Waals surface area contributed by atoms with Crippen molar-refractivity contribution in [2.24, 2.45) is 11.8 Å². The van der Waals surface area contributed by atoms with Crippen molar-refractivity contribution in [3.05, 3.63) is 0 Å². The van der Waals surface area contributed by atoms with Crippen molar-refractivity contribution in [1.29, 1.82) is 0 Å². The van der Waals surface area contributed by atoms with Gasteiger partial charge >= 0.3 is 0 Å². The highest BCUT2D eigenvalue weighted by atomic mass is 32.2. The molecule has 0 radical (unpaired) electrons. The van der Waals surface area contributed by atoms with Gasteiger partial charge in [0.15, 0.2) is 0 Å². The summed E-state index contributed by atoms with van der Waals surface area (Å²) in [5.74, 6) is 4.73. The van der Waals surface area contributed by atoms with Crippen LogP contribution in [-0.4, -0.2) is 11.5 Å². The topological polar surface area (TPSA) is 0 Å². The summed E-state index contributed by atoms with van der Waals surface area (Å²) >= 11 is 2.11. The van der Waals surface area contributed by atoms with Crippen LogP contribution in [0.5, 0.6) is 0 Å². The minimum Gasteiger partial charge on any atom is -0.162 e. The van der Waals surface area contributed by atoms with Gasteiger partial charge in [-0.3, -0.25) is 0 Å². The van der Waals surface area contributed by atoms with Crippen molar-refractivity contribution in [1.82, 2.24) is 0 Å². The van der Waals surface area contributed by atoms with Gasteiger partial charge in [0.05, 0.1) is 0 Å². The molecule has 1 heteroatoms. The van der Waals surface area contributed by atoms with Crippen LogP contribution < -0.4 is 0 Å². The first-order valence-corrected chi connectivity index (χ1v) is 4.54. The molecule has 1 rings (SSSR count). The number of hydrogen-bond acceptors (Lipinski definition) is 1. The van der Waals surface area contributed by atoms with Crippen LogP contribution in [0.15, 0.2) is 0 Å². The molecule has 0 N–H and O–H groups in total. The van der Waals surface area contributed by atoms with E-state index in [0.717, 1.165) is 11.8 Å². The van der Waals surface area contributed by atoms with E-state index < -0.39 is 0 Å². The van der Waals surface area contributed by atoms with E-state index in [9.17, 15) is 0 Å². The van der Waals surface area contributed by atoms with Gasteiger partial charge in [0, 0.05) is 0 Å². The molecule has 0 aromatic carbocycles. The van der Waals surface area contributed by atoms with Crippen molar-refractivity contribution < 1.29 is 0 Å². The summed E-state index contributed by atoms with van der Waals surface area (Å²) < 4.78 is 0. The van der Waals surface area contributed by atoms with Crippen LogP contribution in [0, 0.1) is 11.8 Å². The van der Waals surface area contributed by atoms with E-state index in [4.69, 9.17) is 0 Å². The smallest absolute Gasteiger partial charge is 0.00392 e. The van der Waals surface area contributed by atoms with Gasteiger partial charge in [-0.15, -0.1) is 0 Å². The lowest BCUT2D eigenvalue weighted by Crippen LogP contribution is -2.16. The van der Waals surface area contributed by atoms with Crippen LogP contribution in [0.1, 0.15) is 20.3 Å². The summed E-state index contributed by atoms with van der Waals surface area (Å²) in [6, 6.07) is 0. The first-order chi connectivity index (χ1) is 3.80. The summed E-state index contributed by atoms with van der Waals surface area (Å²) in [6.07, 6.45) is 1.44. The lowest BCUT2D eigenvalue weighted by molar-refractivity contribution is 0.406. The number of rotatable bonds is 0. The monoisotopic (exact) mass is 130 g/mol. The molecule has 0 bridgehead atoms. The minimum absolute atomic E-state index is 0.966. The van der Waals surface area contributed by atoms with Gasteiger partial charge < -0.3 is 0 Å².